The molecule has 3 aromatic carbocycles. The second kappa shape index (κ2) is 15.9. The smallest absolute Gasteiger partial charge is 0.303 e. The zero-order valence-electron chi connectivity index (χ0n) is 26.3. The molecule has 0 aromatic heterocycles. The first-order chi connectivity index (χ1) is 21.8. The molecular formula is C36H44O9. The van der Waals surface area contributed by atoms with E-state index in [-0.39, 0.29) is 12.5 Å². The summed E-state index contributed by atoms with van der Waals surface area (Å²) in [6, 6.07) is 29.7. The third kappa shape index (κ3) is 8.77. The summed E-state index contributed by atoms with van der Waals surface area (Å²) in [6.45, 7) is 8.06. The second-order valence-corrected chi connectivity index (χ2v) is 11.8. The monoisotopic (exact) mass is 620 g/mol. The first-order valence-corrected chi connectivity index (χ1v) is 15.6. The quantitative estimate of drug-likeness (QED) is 0.275. The van der Waals surface area contributed by atoms with Crippen molar-refractivity contribution in [2.75, 3.05) is 0 Å². The molecule has 3 aromatic rings. The van der Waals surface area contributed by atoms with Gasteiger partial charge >= 0.3 is 5.97 Å². The van der Waals surface area contributed by atoms with Crippen LogP contribution in [0, 0.1) is 5.92 Å². The molecule has 0 radical (unpaired) electrons. The van der Waals surface area contributed by atoms with Gasteiger partial charge in [0.2, 0.25) is 0 Å². The van der Waals surface area contributed by atoms with Gasteiger partial charge in [0.15, 0.2) is 18.7 Å². The van der Waals surface area contributed by atoms with E-state index in [1.54, 1.807) is 6.92 Å². The van der Waals surface area contributed by atoms with Gasteiger partial charge in [-0.2, -0.15) is 0 Å². The molecule has 0 bridgehead atoms. The Kier molecular flexibility index (Phi) is 11.7. The van der Waals surface area contributed by atoms with Gasteiger partial charge in [-0.1, -0.05) is 97.9 Å². The summed E-state index contributed by atoms with van der Waals surface area (Å²) in [5.41, 5.74) is 3.04. The van der Waals surface area contributed by atoms with Gasteiger partial charge in [0.1, 0.15) is 18.3 Å². The van der Waals surface area contributed by atoms with Crippen LogP contribution < -0.4 is 0 Å². The Hall–Kier alpha value is -3.15. The highest BCUT2D eigenvalue weighted by Gasteiger charge is 2.51. The minimum Gasteiger partial charge on any atom is -0.454 e. The lowest BCUT2D eigenvalue weighted by atomic mass is 9.91. The maximum Gasteiger partial charge on any atom is 0.303 e. The summed E-state index contributed by atoms with van der Waals surface area (Å²) in [4.78, 5) is 12.1. The number of rotatable bonds is 12. The van der Waals surface area contributed by atoms with Crippen LogP contribution in [0.3, 0.4) is 0 Å². The lowest BCUT2D eigenvalue weighted by molar-refractivity contribution is -0.351. The van der Waals surface area contributed by atoms with Crippen LogP contribution in [0.5, 0.6) is 0 Å². The van der Waals surface area contributed by atoms with E-state index in [1.807, 2.05) is 105 Å². The van der Waals surface area contributed by atoms with E-state index in [0.717, 1.165) is 16.7 Å². The number of aliphatic hydroxyl groups excluding tert-OH is 1. The van der Waals surface area contributed by atoms with Gasteiger partial charge in [-0.15, -0.1) is 0 Å². The summed E-state index contributed by atoms with van der Waals surface area (Å²) in [5.74, 6) is -0.884. The largest absolute Gasteiger partial charge is 0.454 e. The van der Waals surface area contributed by atoms with Crippen LogP contribution in [0.2, 0.25) is 0 Å². The summed E-state index contributed by atoms with van der Waals surface area (Å²) in [6.07, 6.45) is -6.68. The maximum atomic E-state index is 12.1. The third-order valence-electron chi connectivity index (χ3n) is 8.28. The molecule has 242 valence electrons. The highest BCUT2D eigenvalue weighted by molar-refractivity contribution is 5.66. The number of benzene rings is 3. The molecule has 0 aliphatic carbocycles. The Morgan fingerprint density at radius 2 is 1.04 bits per heavy atom. The molecule has 0 amide bonds. The SMILES string of the molecule is CC(=O)O[C@@H]1C(O)OC(C)[C@H](OCc2ccccc2)C1O[C@@H]1OC(C)[C@H](OCc2ccccc2)C(OCc2ccccc2)[C@@H]1C. The van der Waals surface area contributed by atoms with Crippen molar-refractivity contribution < 1.29 is 43.1 Å². The molecule has 2 aliphatic rings. The Labute approximate surface area is 265 Å². The van der Waals surface area contributed by atoms with Crippen molar-refractivity contribution >= 4 is 5.97 Å². The number of carbonyl (C=O) groups is 1. The van der Waals surface area contributed by atoms with Crippen molar-refractivity contribution in [1.82, 2.24) is 0 Å². The molecule has 0 spiro atoms. The first-order valence-electron chi connectivity index (χ1n) is 15.6. The fourth-order valence-corrected chi connectivity index (χ4v) is 5.92. The number of hydrogen-bond donors (Lipinski definition) is 1. The highest BCUT2D eigenvalue weighted by atomic mass is 16.7. The third-order valence-corrected chi connectivity index (χ3v) is 8.28. The van der Waals surface area contributed by atoms with Crippen molar-refractivity contribution in [1.29, 1.82) is 0 Å². The van der Waals surface area contributed by atoms with E-state index >= 15 is 0 Å². The van der Waals surface area contributed by atoms with Crippen LogP contribution in [0.15, 0.2) is 91.0 Å². The topological polar surface area (TPSA) is 102 Å². The van der Waals surface area contributed by atoms with Crippen LogP contribution in [0.25, 0.3) is 0 Å². The number of ether oxygens (including phenoxy) is 7. The van der Waals surface area contributed by atoms with Crippen LogP contribution in [0.4, 0.5) is 0 Å². The molecule has 9 heteroatoms. The minimum absolute atomic E-state index is 0.275. The number of hydrogen-bond acceptors (Lipinski definition) is 9. The zero-order chi connectivity index (χ0) is 31.8. The molecule has 2 saturated heterocycles. The predicted molar refractivity (Wildman–Crippen MR) is 166 cm³/mol. The summed E-state index contributed by atoms with van der Waals surface area (Å²) in [5, 5.41) is 10.9. The van der Waals surface area contributed by atoms with E-state index in [9.17, 15) is 9.90 Å². The van der Waals surface area contributed by atoms with E-state index < -0.39 is 61.3 Å². The summed E-state index contributed by atoms with van der Waals surface area (Å²) in [7, 11) is 0. The molecule has 0 saturated carbocycles. The number of aliphatic hydroxyl groups is 1. The van der Waals surface area contributed by atoms with Gasteiger partial charge in [0.25, 0.3) is 0 Å². The van der Waals surface area contributed by atoms with Gasteiger partial charge in [-0.05, 0) is 30.5 Å². The van der Waals surface area contributed by atoms with Crippen LogP contribution in [0.1, 0.15) is 44.4 Å². The number of esters is 1. The van der Waals surface area contributed by atoms with Crippen LogP contribution in [-0.4, -0.2) is 66.4 Å². The fraction of sp³-hybridized carbons (Fsp3) is 0.472. The Bertz CT molecular complexity index is 1310. The Morgan fingerprint density at radius 3 is 1.51 bits per heavy atom. The lowest BCUT2D eigenvalue weighted by Gasteiger charge is -2.48. The highest BCUT2D eigenvalue weighted by Crippen LogP contribution is 2.36. The van der Waals surface area contributed by atoms with Crippen molar-refractivity contribution in [3.63, 3.8) is 0 Å². The molecular weight excluding hydrogens is 576 g/mol. The average Bonchev–Trinajstić information content (AvgIpc) is 3.04. The average molecular weight is 621 g/mol. The van der Waals surface area contributed by atoms with E-state index in [4.69, 9.17) is 33.2 Å². The molecule has 1 N–H and O–H groups in total. The molecule has 10 atom stereocenters. The van der Waals surface area contributed by atoms with E-state index in [0.29, 0.717) is 13.2 Å². The van der Waals surface area contributed by atoms with Gasteiger partial charge in [0.05, 0.1) is 38.1 Å². The molecule has 5 unspecified atom stereocenters. The van der Waals surface area contributed by atoms with Gasteiger partial charge < -0.3 is 38.3 Å². The Balaban J connectivity index is 1.38. The fourth-order valence-electron chi connectivity index (χ4n) is 5.92. The lowest BCUT2D eigenvalue weighted by Crippen LogP contribution is -2.63. The van der Waals surface area contributed by atoms with Crippen molar-refractivity contribution in [3.8, 4) is 0 Å². The standard InChI is InChI=1S/C36H44O9/c1-23-30(39-20-27-14-8-5-9-15-27)31(40-21-28-16-10-6-11-17-28)25(3)43-36(23)45-33-32(41-22-29-18-12-7-13-19-29)24(2)42-35(38)34(33)44-26(4)37/h5-19,23-25,30-36,38H,20-22H2,1-4H3/t23-,24?,25?,30?,31-,32-,33?,34-,35?,36-/m0/s1. The van der Waals surface area contributed by atoms with Crippen molar-refractivity contribution in [2.24, 2.45) is 5.92 Å². The summed E-state index contributed by atoms with van der Waals surface area (Å²) < 4.78 is 43.8. The molecule has 2 aliphatic heterocycles. The summed E-state index contributed by atoms with van der Waals surface area (Å²) >= 11 is 0. The minimum atomic E-state index is -1.41. The molecule has 2 heterocycles. The molecule has 2 fully saturated rings. The van der Waals surface area contributed by atoms with Gasteiger partial charge in [-0.25, -0.2) is 0 Å². The van der Waals surface area contributed by atoms with Crippen LogP contribution in [-0.2, 0) is 57.8 Å². The van der Waals surface area contributed by atoms with Gasteiger partial charge in [-0.3, -0.25) is 4.79 Å². The second-order valence-electron chi connectivity index (χ2n) is 11.8. The molecule has 5 rings (SSSR count). The van der Waals surface area contributed by atoms with Gasteiger partial charge in [0, 0.05) is 12.8 Å². The van der Waals surface area contributed by atoms with E-state index in [1.165, 1.54) is 6.92 Å². The normalized spacial score (nSPS) is 31.8. The first kappa shape index (κ1) is 33.2. The van der Waals surface area contributed by atoms with Crippen molar-refractivity contribution in [3.05, 3.63) is 108 Å². The van der Waals surface area contributed by atoms with Crippen molar-refractivity contribution in [2.45, 2.75) is 103 Å². The van der Waals surface area contributed by atoms with Crippen LogP contribution >= 0.6 is 0 Å². The molecule has 45 heavy (non-hydrogen) atoms. The maximum absolute atomic E-state index is 12.1. The Morgan fingerprint density at radius 1 is 0.622 bits per heavy atom. The zero-order valence-corrected chi connectivity index (χ0v) is 26.3. The predicted octanol–water partition coefficient (Wildman–Crippen LogP) is 5.18. The molecule has 9 nitrogen and oxygen atoms in total. The number of carbonyl (C=O) groups excluding carboxylic acids is 1. The van der Waals surface area contributed by atoms with E-state index in [2.05, 4.69) is 0 Å².